The molecule has 0 atom stereocenters. The lowest BCUT2D eigenvalue weighted by Gasteiger charge is -2.19. The van der Waals surface area contributed by atoms with Gasteiger partial charge in [-0.15, -0.1) is 0 Å². The van der Waals surface area contributed by atoms with E-state index in [1.165, 1.54) is 28.0 Å². The number of nitro benzene ring substituents is 1. The standard InChI is InChI=1S/C12H17FN2O5S/c1-8-7-10(13)11(15(16)17)9(2)12(8)21(18,19)14(3)5-6-20-4/h7H,5-6H2,1-4H3. The third-order valence-electron chi connectivity index (χ3n) is 3.08. The number of halogens is 1. The number of nitrogens with zero attached hydrogens (tertiary/aromatic N) is 2. The van der Waals surface area contributed by atoms with Crippen molar-refractivity contribution in [1.82, 2.24) is 4.31 Å². The van der Waals surface area contributed by atoms with Gasteiger partial charge in [-0.05, 0) is 25.5 Å². The van der Waals surface area contributed by atoms with Crippen molar-refractivity contribution in [3.8, 4) is 0 Å². The predicted molar refractivity (Wildman–Crippen MR) is 74.2 cm³/mol. The maximum Gasteiger partial charge on any atom is 0.309 e. The van der Waals surface area contributed by atoms with E-state index in [0.29, 0.717) is 0 Å². The lowest BCUT2D eigenvalue weighted by atomic mass is 10.1. The largest absolute Gasteiger partial charge is 0.383 e. The normalized spacial score (nSPS) is 11.9. The van der Waals surface area contributed by atoms with Crippen LogP contribution < -0.4 is 0 Å². The highest BCUT2D eigenvalue weighted by molar-refractivity contribution is 7.89. The first-order valence-electron chi connectivity index (χ1n) is 6.04. The van der Waals surface area contributed by atoms with Crippen molar-refractivity contribution in [2.45, 2.75) is 18.7 Å². The second kappa shape index (κ2) is 6.46. The molecule has 0 bridgehead atoms. The summed E-state index contributed by atoms with van der Waals surface area (Å²) >= 11 is 0. The van der Waals surface area contributed by atoms with Crippen LogP contribution in [0.25, 0.3) is 0 Å². The van der Waals surface area contributed by atoms with Gasteiger partial charge in [0.25, 0.3) is 0 Å². The number of sulfonamides is 1. The van der Waals surface area contributed by atoms with Crippen molar-refractivity contribution in [3.63, 3.8) is 0 Å². The predicted octanol–water partition coefficient (Wildman–Crippen LogP) is 1.62. The minimum atomic E-state index is -3.96. The van der Waals surface area contributed by atoms with Gasteiger partial charge in [-0.1, -0.05) is 0 Å². The summed E-state index contributed by atoms with van der Waals surface area (Å²) in [5.74, 6) is -1.05. The van der Waals surface area contributed by atoms with Crippen LogP contribution in [-0.4, -0.2) is 45.0 Å². The van der Waals surface area contributed by atoms with Gasteiger partial charge in [0.05, 0.1) is 22.0 Å². The molecule has 21 heavy (non-hydrogen) atoms. The molecule has 0 aliphatic carbocycles. The molecular formula is C12H17FN2O5S. The van der Waals surface area contributed by atoms with Crippen molar-refractivity contribution in [3.05, 3.63) is 33.1 Å². The molecule has 0 fully saturated rings. The molecule has 0 aromatic heterocycles. The fourth-order valence-corrected chi connectivity index (χ4v) is 3.60. The fourth-order valence-electron chi connectivity index (χ4n) is 2.02. The quantitative estimate of drug-likeness (QED) is 0.587. The van der Waals surface area contributed by atoms with Crippen LogP contribution in [0.2, 0.25) is 0 Å². The Morgan fingerprint density at radius 3 is 2.48 bits per heavy atom. The van der Waals surface area contributed by atoms with E-state index in [0.717, 1.165) is 10.4 Å². The summed E-state index contributed by atoms with van der Waals surface area (Å²) in [6, 6.07) is 0.863. The van der Waals surface area contributed by atoms with E-state index >= 15 is 0 Å². The third-order valence-corrected chi connectivity index (χ3v) is 5.23. The zero-order chi connectivity index (χ0) is 16.4. The number of nitro groups is 1. The van der Waals surface area contributed by atoms with Crippen molar-refractivity contribution >= 4 is 15.7 Å². The Balaban J connectivity index is 3.49. The summed E-state index contributed by atoms with van der Waals surface area (Å²) in [6.45, 7) is 2.89. The molecule has 7 nitrogen and oxygen atoms in total. The highest BCUT2D eigenvalue weighted by atomic mass is 32.2. The number of methoxy groups -OCH3 is 1. The monoisotopic (exact) mass is 320 g/mol. The minimum Gasteiger partial charge on any atom is -0.383 e. The maximum atomic E-state index is 13.7. The number of hydrogen-bond donors (Lipinski definition) is 0. The molecule has 1 aromatic carbocycles. The molecule has 0 N–H and O–H groups in total. The highest BCUT2D eigenvalue weighted by Gasteiger charge is 2.31. The van der Waals surface area contributed by atoms with E-state index in [4.69, 9.17) is 4.74 Å². The van der Waals surface area contributed by atoms with E-state index in [2.05, 4.69) is 0 Å². The Morgan fingerprint density at radius 1 is 1.43 bits per heavy atom. The van der Waals surface area contributed by atoms with Crippen molar-refractivity contribution in [1.29, 1.82) is 0 Å². The smallest absolute Gasteiger partial charge is 0.309 e. The van der Waals surface area contributed by atoms with Gasteiger partial charge in [-0.2, -0.15) is 8.70 Å². The van der Waals surface area contributed by atoms with Crippen LogP contribution in [0.3, 0.4) is 0 Å². The Morgan fingerprint density at radius 2 is 2.00 bits per heavy atom. The van der Waals surface area contributed by atoms with Gasteiger partial charge in [-0.3, -0.25) is 10.1 Å². The lowest BCUT2D eigenvalue weighted by Crippen LogP contribution is -2.31. The number of likely N-dealkylation sites (N-methyl/N-ethyl adjacent to an activating group) is 1. The van der Waals surface area contributed by atoms with Crippen LogP contribution in [0.5, 0.6) is 0 Å². The van der Waals surface area contributed by atoms with Gasteiger partial charge in [0, 0.05) is 20.7 Å². The van der Waals surface area contributed by atoms with Gasteiger partial charge >= 0.3 is 5.69 Å². The number of ether oxygens (including phenoxy) is 1. The van der Waals surface area contributed by atoms with Crippen LogP contribution >= 0.6 is 0 Å². The number of aryl methyl sites for hydroxylation is 1. The van der Waals surface area contributed by atoms with Gasteiger partial charge in [-0.25, -0.2) is 8.42 Å². The first-order valence-corrected chi connectivity index (χ1v) is 7.48. The summed E-state index contributed by atoms with van der Waals surface area (Å²) in [5, 5.41) is 10.9. The van der Waals surface area contributed by atoms with E-state index in [9.17, 15) is 22.9 Å². The lowest BCUT2D eigenvalue weighted by molar-refractivity contribution is -0.388. The molecule has 0 aliphatic heterocycles. The van der Waals surface area contributed by atoms with E-state index in [-0.39, 0.29) is 29.2 Å². The van der Waals surface area contributed by atoms with Gasteiger partial charge in [0.15, 0.2) is 0 Å². The Kier molecular flexibility index (Phi) is 5.37. The first-order chi connectivity index (χ1) is 9.64. The zero-order valence-electron chi connectivity index (χ0n) is 12.2. The molecule has 0 saturated heterocycles. The van der Waals surface area contributed by atoms with Crippen molar-refractivity contribution in [2.24, 2.45) is 0 Å². The number of rotatable bonds is 6. The summed E-state index contributed by atoms with van der Waals surface area (Å²) in [6.07, 6.45) is 0. The summed E-state index contributed by atoms with van der Waals surface area (Å²) in [5.41, 5.74) is -0.902. The molecule has 9 heteroatoms. The van der Waals surface area contributed by atoms with Gasteiger partial charge < -0.3 is 4.74 Å². The van der Waals surface area contributed by atoms with E-state index in [1.807, 2.05) is 0 Å². The second-order valence-electron chi connectivity index (χ2n) is 4.55. The van der Waals surface area contributed by atoms with Gasteiger partial charge in [0.1, 0.15) is 0 Å². The van der Waals surface area contributed by atoms with E-state index < -0.39 is 26.5 Å². The Hall–Kier alpha value is -1.58. The topological polar surface area (TPSA) is 89.8 Å². The van der Waals surface area contributed by atoms with Crippen molar-refractivity contribution in [2.75, 3.05) is 27.3 Å². The first kappa shape index (κ1) is 17.5. The average Bonchev–Trinajstić information content (AvgIpc) is 2.33. The molecular weight excluding hydrogens is 303 g/mol. The Bertz CT molecular complexity index is 660. The van der Waals surface area contributed by atoms with E-state index in [1.54, 1.807) is 0 Å². The molecule has 0 amide bonds. The summed E-state index contributed by atoms with van der Waals surface area (Å²) < 4.78 is 44.5. The minimum absolute atomic E-state index is 0.0862. The molecule has 0 radical (unpaired) electrons. The maximum absolute atomic E-state index is 13.7. The van der Waals surface area contributed by atoms with Crippen LogP contribution in [0.15, 0.2) is 11.0 Å². The summed E-state index contributed by atoms with van der Waals surface area (Å²) in [4.78, 5) is 9.75. The average molecular weight is 320 g/mol. The SMILES string of the molecule is COCCN(C)S(=O)(=O)c1c(C)cc(F)c([N+](=O)[O-])c1C. The zero-order valence-corrected chi connectivity index (χ0v) is 13.0. The van der Waals surface area contributed by atoms with Gasteiger partial charge in [0.2, 0.25) is 15.8 Å². The third kappa shape index (κ3) is 3.36. The molecule has 0 spiro atoms. The van der Waals surface area contributed by atoms with Crippen LogP contribution in [0.4, 0.5) is 10.1 Å². The number of benzene rings is 1. The molecule has 0 saturated carbocycles. The van der Waals surface area contributed by atoms with Crippen LogP contribution in [0.1, 0.15) is 11.1 Å². The van der Waals surface area contributed by atoms with Crippen LogP contribution in [-0.2, 0) is 14.8 Å². The molecule has 1 rings (SSSR count). The van der Waals surface area contributed by atoms with Crippen molar-refractivity contribution < 1.29 is 22.5 Å². The molecule has 0 aliphatic rings. The summed E-state index contributed by atoms with van der Waals surface area (Å²) in [7, 11) is -1.20. The molecule has 0 unspecified atom stereocenters. The number of hydrogen-bond acceptors (Lipinski definition) is 5. The molecule has 1 aromatic rings. The fraction of sp³-hybridized carbons (Fsp3) is 0.500. The second-order valence-corrected chi connectivity index (χ2v) is 6.54. The molecule has 0 heterocycles. The Labute approximate surface area is 122 Å². The highest BCUT2D eigenvalue weighted by Crippen LogP contribution is 2.32. The van der Waals surface area contributed by atoms with Crippen LogP contribution in [0, 0.1) is 29.8 Å². The molecule has 118 valence electrons.